The number of hydrogen-bond donors (Lipinski definition) is 1. The lowest BCUT2D eigenvalue weighted by Gasteiger charge is -2.39. The molecule has 0 aromatic carbocycles. The Morgan fingerprint density at radius 1 is 1.06 bits per heavy atom. The van der Waals surface area contributed by atoms with Gasteiger partial charge in [0, 0.05) is 12.1 Å². The van der Waals surface area contributed by atoms with Crippen LogP contribution in [-0.4, -0.2) is 30.6 Å². The molecule has 2 rings (SSSR count). The molecule has 2 aliphatic rings. The third-order valence-electron chi connectivity index (χ3n) is 5.41. The minimum Gasteiger partial charge on any atom is -0.330 e. The molecule has 2 atom stereocenters. The van der Waals surface area contributed by atoms with Crippen molar-refractivity contribution in [1.29, 1.82) is 0 Å². The van der Waals surface area contributed by atoms with Crippen LogP contribution >= 0.6 is 0 Å². The van der Waals surface area contributed by atoms with Gasteiger partial charge in [0.25, 0.3) is 0 Å². The summed E-state index contributed by atoms with van der Waals surface area (Å²) in [5.41, 5.74) is 5.91. The molecule has 0 bridgehead atoms. The van der Waals surface area contributed by atoms with E-state index in [0.29, 0.717) is 0 Å². The lowest BCUT2D eigenvalue weighted by molar-refractivity contribution is 0.0996. The van der Waals surface area contributed by atoms with Gasteiger partial charge in [-0.15, -0.1) is 0 Å². The number of rotatable bonds is 4. The smallest absolute Gasteiger partial charge is 0.0135 e. The minimum atomic E-state index is 0.767. The number of hydrogen-bond acceptors (Lipinski definition) is 2. The maximum atomic E-state index is 5.91. The van der Waals surface area contributed by atoms with Crippen molar-refractivity contribution >= 4 is 0 Å². The van der Waals surface area contributed by atoms with Crippen molar-refractivity contribution < 1.29 is 0 Å². The van der Waals surface area contributed by atoms with Crippen molar-refractivity contribution in [3.63, 3.8) is 0 Å². The molecule has 0 aliphatic heterocycles. The first kappa shape index (κ1) is 13.4. The molecule has 2 heteroatoms. The Morgan fingerprint density at radius 2 is 1.76 bits per heavy atom. The summed E-state index contributed by atoms with van der Waals surface area (Å²) in [4.78, 5) is 2.69. The summed E-state index contributed by atoms with van der Waals surface area (Å²) >= 11 is 0. The van der Waals surface area contributed by atoms with Gasteiger partial charge in [-0.1, -0.05) is 19.8 Å². The standard InChI is InChI=1S/C15H30N2/c1-3-12-7-9-14(10-8-12)17(2)15-6-4-5-13(15)11-16/h12-15H,3-11,16H2,1-2H3. The summed E-state index contributed by atoms with van der Waals surface area (Å²) in [6, 6.07) is 1.62. The highest BCUT2D eigenvalue weighted by atomic mass is 15.2. The summed E-state index contributed by atoms with van der Waals surface area (Å²) < 4.78 is 0. The first-order valence-electron chi connectivity index (χ1n) is 7.68. The lowest BCUT2D eigenvalue weighted by atomic mass is 9.83. The predicted molar refractivity (Wildman–Crippen MR) is 74.0 cm³/mol. The van der Waals surface area contributed by atoms with E-state index in [1.54, 1.807) is 0 Å². The maximum absolute atomic E-state index is 5.91. The van der Waals surface area contributed by atoms with Gasteiger partial charge < -0.3 is 10.6 Å². The Morgan fingerprint density at radius 3 is 2.35 bits per heavy atom. The highest BCUT2D eigenvalue weighted by Crippen LogP contribution is 2.35. The van der Waals surface area contributed by atoms with Crippen LogP contribution in [0, 0.1) is 11.8 Å². The summed E-state index contributed by atoms with van der Waals surface area (Å²) in [6.45, 7) is 3.23. The monoisotopic (exact) mass is 238 g/mol. The van der Waals surface area contributed by atoms with E-state index in [0.717, 1.165) is 30.5 Å². The lowest BCUT2D eigenvalue weighted by Crippen LogP contribution is -2.45. The summed E-state index contributed by atoms with van der Waals surface area (Å²) in [5, 5.41) is 0. The highest BCUT2D eigenvalue weighted by Gasteiger charge is 2.33. The van der Waals surface area contributed by atoms with E-state index in [1.165, 1.54) is 51.4 Å². The van der Waals surface area contributed by atoms with Gasteiger partial charge >= 0.3 is 0 Å². The zero-order chi connectivity index (χ0) is 12.3. The van der Waals surface area contributed by atoms with Gasteiger partial charge in [0.15, 0.2) is 0 Å². The summed E-state index contributed by atoms with van der Waals surface area (Å²) in [7, 11) is 2.36. The van der Waals surface area contributed by atoms with Crippen molar-refractivity contribution in [3.05, 3.63) is 0 Å². The van der Waals surface area contributed by atoms with Crippen LogP contribution in [0.25, 0.3) is 0 Å². The van der Waals surface area contributed by atoms with E-state index < -0.39 is 0 Å². The van der Waals surface area contributed by atoms with Crippen molar-refractivity contribution in [1.82, 2.24) is 4.90 Å². The molecular formula is C15H30N2. The van der Waals surface area contributed by atoms with Crippen LogP contribution in [-0.2, 0) is 0 Å². The summed E-state index contributed by atoms with van der Waals surface area (Å²) in [6.07, 6.45) is 11.2. The number of nitrogens with zero attached hydrogens (tertiary/aromatic N) is 1. The molecule has 2 nitrogen and oxygen atoms in total. The Balaban J connectivity index is 1.85. The molecule has 0 spiro atoms. The van der Waals surface area contributed by atoms with Crippen LogP contribution in [0.4, 0.5) is 0 Å². The normalized spacial score (nSPS) is 38.8. The van der Waals surface area contributed by atoms with Gasteiger partial charge in [0.2, 0.25) is 0 Å². The SMILES string of the molecule is CCC1CCC(N(C)C2CCCC2CN)CC1. The van der Waals surface area contributed by atoms with Crippen molar-refractivity contribution in [3.8, 4) is 0 Å². The van der Waals surface area contributed by atoms with E-state index >= 15 is 0 Å². The molecule has 0 aromatic heterocycles. The molecule has 2 N–H and O–H groups in total. The molecule has 0 heterocycles. The first-order valence-corrected chi connectivity index (χ1v) is 7.68. The topological polar surface area (TPSA) is 29.3 Å². The molecule has 2 saturated carbocycles. The average Bonchev–Trinajstić information content (AvgIpc) is 2.86. The third-order valence-corrected chi connectivity index (χ3v) is 5.41. The molecule has 17 heavy (non-hydrogen) atoms. The Bertz CT molecular complexity index is 221. The Labute approximate surface area is 107 Å². The first-order chi connectivity index (χ1) is 8.26. The second-order valence-electron chi connectivity index (χ2n) is 6.24. The quantitative estimate of drug-likeness (QED) is 0.816. The van der Waals surface area contributed by atoms with Crippen LogP contribution in [0.3, 0.4) is 0 Å². The van der Waals surface area contributed by atoms with Crippen molar-refractivity contribution in [2.24, 2.45) is 17.6 Å². The van der Waals surface area contributed by atoms with E-state index in [1.807, 2.05) is 0 Å². The predicted octanol–water partition coefficient (Wildman–Crippen LogP) is 3.01. The van der Waals surface area contributed by atoms with E-state index in [4.69, 9.17) is 5.73 Å². The highest BCUT2D eigenvalue weighted by molar-refractivity contribution is 4.89. The van der Waals surface area contributed by atoms with E-state index in [9.17, 15) is 0 Å². The average molecular weight is 238 g/mol. The molecule has 0 radical (unpaired) electrons. The van der Waals surface area contributed by atoms with Crippen LogP contribution in [0.5, 0.6) is 0 Å². The zero-order valence-electron chi connectivity index (χ0n) is 11.7. The van der Waals surface area contributed by atoms with Crippen LogP contribution in [0.15, 0.2) is 0 Å². The van der Waals surface area contributed by atoms with Crippen LogP contribution in [0.1, 0.15) is 58.3 Å². The fourth-order valence-electron chi connectivity index (χ4n) is 4.06. The third kappa shape index (κ3) is 3.03. The maximum Gasteiger partial charge on any atom is 0.0135 e. The molecule has 100 valence electrons. The largest absolute Gasteiger partial charge is 0.330 e. The molecule has 2 unspecified atom stereocenters. The Hall–Kier alpha value is -0.0800. The number of nitrogens with two attached hydrogens (primary N) is 1. The van der Waals surface area contributed by atoms with Gasteiger partial charge in [-0.2, -0.15) is 0 Å². The van der Waals surface area contributed by atoms with Gasteiger partial charge in [0.05, 0.1) is 0 Å². The summed E-state index contributed by atoms with van der Waals surface area (Å²) in [5.74, 6) is 1.78. The Kier molecular flexibility index (Phi) is 4.87. The molecule has 0 aromatic rings. The molecule has 0 amide bonds. The van der Waals surface area contributed by atoms with Crippen molar-refractivity contribution in [2.45, 2.75) is 70.4 Å². The molecular weight excluding hydrogens is 208 g/mol. The second-order valence-corrected chi connectivity index (χ2v) is 6.24. The van der Waals surface area contributed by atoms with Gasteiger partial charge in [-0.3, -0.25) is 0 Å². The molecule has 2 fully saturated rings. The van der Waals surface area contributed by atoms with E-state index in [-0.39, 0.29) is 0 Å². The van der Waals surface area contributed by atoms with Crippen LogP contribution < -0.4 is 5.73 Å². The second kappa shape index (κ2) is 6.19. The minimum absolute atomic E-state index is 0.767. The van der Waals surface area contributed by atoms with E-state index in [2.05, 4.69) is 18.9 Å². The zero-order valence-corrected chi connectivity index (χ0v) is 11.7. The van der Waals surface area contributed by atoms with Gasteiger partial charge in [0.1, 0.15) is 0 Å². The van der Waals surface area contributed by atoms with Gasteiger partial charge in [-0.05, 0) is 64.0 Å². The fraction of sp³-hybridized carbons (Fsp3) is 1.00. The molecule has 2 aliphatic carbocycles. The fourth-order valence-corrected chi connectivity index (χ4v) is 4.06. The molecule has 0 saturated heterocycles. The van der Waals surface area contributed by atoms with Gasteiger partial charge in [-0.25, -0.2) is 0 Å². The van der Waals surface area contributed by atoms with Crippen LogP contribution in [0.2, 0.25) is 0 Å². The van der Waals surface area contributed by atoms with Crippen molar-refractivity contribution in [2.75, 3.05) is 13.6 Å².